The highest BCUT2D eigenvalue weighted by molar-refractivity contribution is 7.10. The van der Waals surface area contributed by atoms with E-state index in [-0.39, 0.29) is 6.54 Å². The number of rotatable bonds is 3. The standard InChI is InChI=1S/C12H12ClNOS/c13-10-6-7-16-11(10)12(15,8-14)9-4-2-1-3-5-9/h1-7,15H,8,14H2. The maximum Gasteiger partial charge on any atom is 0.137 e. The van der Waals surface area contributed by atoms with E-state index in [0.717, 1.165) is 5.56 Å². The second kappa shape index (κ2) is 4.55. The third-order valence-electron chi connectivity index (χ3n) is 2.54. The summed E-state index contributed by atoms with van der Waals surface area (Å²) in [5.74, 6) is 0. The number of nitrogens with two attached hydrogens (primary N) is 1. The van der Waals surface area contributed by atoms with Gasteiger partial charge in [0.2, 0.25) is 0 Å². The Balaban J connectivity index is 2.53. The zero-order valence-corrected chi connectivity index (χ0v) is 10.1. The summed E-state index contributed by atoms with van der Waals surface area (Å²) >= 11 is 7.46. The normalized spacial score (nSPS) is 14.7. The Morgan fingerprint density at radius 3 is 2.44 bits per heavy atom. The fourth-order valence-corrected chi connectivity index (χ4v) is 2.99. The average Bonchev–Trinajstić information content (AvgIpc) is 2.76. The van der Waals surface area contributed by atoms with E-state index < -0.39 is 5.60 Å². The maximum absolute atomic E-state index is 10.6. The predicted molar refractivity (Wildman–Crippen MR) is 67.8 cm³/mol. The molecule has 0 spiro atoms. The van der Waals surface area contributed by atoms with Crippen molar-refractivity contribution in [3.05, 3.63) is 57.2 Å². The van der Waals surface area contributed by atoms with E-state index in [1.54, 1.807) is 6.07 Å². The van der Waals surface area contributed by atoms with E-state index >= 15 is 0 Å². The van der Waals surface area contributed by atoms with Crippen molar-refractivity contribution < 1.29 is 5.11 Å². The largest absolute Gasteiger partial charge is 0.378 e. The van der Waals surface area contributed by atoms with Crippen molar-refractivity contribution in [1.29, 1.82) is 0 Å². The van der Waals surface area contributed by atoms with Gasteiger partial charge in [-0.1, -0.05) is 41.9 Å². The van der Waals surface area contributed by atoms with Crippen LogP contribution in [0, 0.1) is 0 Å². The first-order chi connectivity index (χ1) is 7.68. The number of aliphatic hydroxyl groups is 1. The van der Waals surface area contributed by atoms with Gasteiger partial charge in [0.05, 0.1) is 9.90 Å². The van der Waals surface area contributed by atoms with Gasteiger partial charge in [0.1, 0.15) is 5.60 Å². The molecule has 0 amide bonds. The highest BCUT2D eigenvalue weighted by Crippen LogP contribution is 2.37. The summed E-state index contributed by atoms with van der Waals surface area (Å²) in [6, 6.07) is 11.1. The monoisotopic (exact) mass is 253 g/mol. The molecule has 1 aromatic heterocycles. The van der Waals surface area contributed by atoms with Gasteiger partial charge in [0.15, 0.2) is 0 Å². The van der Waals surface area contributed by atoms with Crippen molar-refractivity contribution >= 4 is 22.9 Å². The zero-order chi connectivity index (χ0) is 11.6. The fourth-order valence-electron chi connectivity index (χ4n) is 1.64. The van der Waals surface area contributed by atoms with Gasteiger partial charge in [-0.25, -0.2) is 0 Å². The highest BCUT2D eigenvalue weighted by atomic mass is 35.5. The number of thiophene rings is 1. The topological polar surface area (TPSA) is 46.2 Å². The van der Waals surface area contributed by atoms with Crippen molar-refractivity contribution in [2.45, 2.75) is 5.60 Å². The molecule has 0 aliphatic heterocycles. The van der Waals surface area contributed by atoms with Crippen LogP contribution in [0.1, 0.15) is 10.4 Å². The van der Waals surface area contributed by atoms with Crippen LogP contribution in [0.5, 0.6) is 0 Å². The van der Waals surface area contributed by atoms with E-state index in [1.165, 1.54) is 11.3 Å². The lowest BCUT2D eigenvalue weighted by Crippen LogP contribution is -2.35. The average molecular weight is 254 g/mol. The van der Waals surface area contributed by atoms with Crippen LogP contribution in [-0.4, -0.2) is 11.7 Å². The molecule has 4 heteroatoms. The molecule has 0 saturated heterocycles. The van der Waals surface area contributed by atoms with Crippen molar-refractivity contribution in [3.8, 4) is 0 Å². The lowest BCUT2D eigenvalue weighted by molar-refractivity contribution is 0.0942. The second-order valence-electron chi connectivity index (χ2n) is 3.53. The Morgan fingerprint density at radius 1 is 1.25 bits per heavy atom. The van der Waals surface area contributed by atoms with Gasteiger partial charge in [-0.2, -0.15) is 0 Å². The minimum atomic E-state index is -1.19. The molecule has 0 radical (unpaired) electrons. The molecule has 1 atom stereocenters. The predicted octanol–water partition coefficient (Wildman–Crippen LogP) is 2.60. The van der Waals surface area contributed by atoms with Crippen molar-refractivity contribution in [2.24, 2.45) is 5.73 Å². The molecule has 1 unspecified atom stereocenters. The molecule has 2 rings (SSSR count). The van der Waals surface area contributed by atoms with Crippen LogP contribution in [0.4, 0.5) is 0 Å². The zero-order valence-electron chi connectivity index (χ0n) is 8.56. The summed E-state index contributed by atoms with van der Waals surface area (Å²) < 4.78 is 0. The number of hydrogen-bond acceptors (Lipinski definition) is 3. The van der Waals surface area contributed by atoms with Gasteiger partial charge in [0.25, 0.3) is 0 Å². The van der Waals surface area contributed by atoms with Gasteiger partial charge < -0.3 is 10.8 Å². The molecule has 84 valence electrons. The van der Waals surface area contributed by atoms with Gasteiger partial charge in [-0.3, -0.25) is 0 Å². The Bertz CT molecular complexity index is 471. The van der Waals surface area contributed by atoms with Crippen LogP contribution in [0.25, 0.3) is 0 Å². The highest BCUT2D eigenvalue weighted by Gasteiger charge is 2.33. The maximum atomic E-state index is 10.6. The Kier molecular flexibility index (Phi) is 3.30. The quantitative estimate of drug-likeness (QED) is 0.883. The summed E-state index contributed by atoms with van der Waals surface area (Å²) in [7, 11) is 0. The molecule has 0 fully saturated rings. The SMILES string of the molecule is NCC(O)(c1ccccc1)c1sccc1Cl. The molecular formula is C12H12ClNOS. The molecule has 0 aliphatic carbocycles. The third-order valence-corrected chi connectivity index (χ3v) is 4.03. The van der Waals surface area contributed by atoms with Gasteiger partial charge >= 0.3 is 0 Å². The van der Waals surface area contributed by atoms with Crippen LogP contribution in [-0.2, 0) is 5.60 Å². The van der Waals surface area contributed by atoms with E-state index in [4.69, 9.17) is 17.3 Å². The molecular weight excluding hydrogens is 242 g/mol. The summed E-state index contributed by atoms with van der Waals surface area (Å²) in [6.07, 6.45) is 0. The minimum Gasteiger partial charge on any atom is -0.378 e. The van der Waals surface area contributed by atoms with E-state index in [1.807, 2.05) is 35.7 Å². The number of benzene rings is 1. The Labute approximate surface area is 103 Å². The van der Waals surface area contributed by atoms with Gasteiger partial charge in [-0.15, -0.1) is 11.3 Å². The van der Waals surface area contributed by atoms with Crippen LogP contribution in [0.15, 0.2) is 41.8 Å². The van der Waals surface area contributed by atoms with E-state index in [0.29, 0.717) is 9.90 Å². The van der Waals surface area contributed by atoms with Crippen LogP contribution < -0.4 is 5.73 Å². The molecule has 16 heavy (non-hydrogen) atoms. The first-order valence-corrected chi connectivity index (χ1v) is 6.15. The lowest BCUT2D eigenvalue weighted by Gasteiger charge is -2.26. The molecule has 0 saturated carbocycles. The first-order valence-electron chi connectivity index (χ1n) is 4.90. The summed E-state index contributed by atoms with van der Waals surface area (Å²) in [5, 5.41) is 13.0. The van der Waals surface area contributed by atoms with Gasteiger partial charge in [0, 0.05) is 6.54 Å². The number of hydrogen-bond donors (Lipinski definition) is 2. The van der Waals surface area contributed by atoms with E-state index in [2.05, 4.69) is 0 Å². The van der Waals surface area contributed by atoms with Crippen molar-refractivity contribution in [1.82, 2.24) is 0 Å². The molecule has 2 aromatic rings. The van der Waals surface area contributed by atoms with Crippen molar-refractivity contribution in [2.75, 3.05) is 6.54 Å². The smallest absolute Gasteiger partial charge is 0.137 e. The van der Waals surface area contributed by atoms with Crippen molar-refractivity contribution in [3.63, 3.8) is 0 Å². The first kappa shape index (κ1) is 11.6. The van der Waals surface area contributed by atoms with Crippen LogP contribution in [0.2, 0.25) is 5.02 Å². The molecule has 2 nitrogen and oxygen atoms in total. The van der Waals surface area contributed by atoms with Crippen LogP contribution in [0.3, 0.4) is 0 Å². The Hall–Kier alpha value is -0.870. The third kappa shape index (κ3) is 1.87. The fraction of sp³-hybridized carbons (Fsp3) is 0.167. The second-order valence-corrected chi connectivity index (χ2v) is 4.85. The molecule has 1 heterocycles. The summed E-state index contributed by atoms with van der Waals surface area (Å²) in [5.41, 5.74) is 5.27. The molecule has 1 aromatic carbocycles. The minimum absolute atomic E-state index is 0.108. The summed E-state index contributed by atoms with van der Waals surface area (Å²) in [4.78, 5) is 0.697. The number of halogens is 1. The molecule has 0 aliphatic rings. The van der Waals surface area contributed by atoms with E-state index in [9.17, 15) is 5.11 Å². The van der Waals surface area contributed by atoms with Crippen LogP contribution >= 0.6 is 22.9 Å². The Morgan fingerprint density at radius 2 is 1.94 bits per heavy atom. The molecule has 0 bridgehead atoms. The lowest BCUT2D eigenvalue weighted by atomic mass is 9.92. The van der Waals surface area contributed by atoms with Gasteiger partial charge in [-0.05, 0) is 17.0 Å². The summed E-state index contributed by atoms with van der Waals surface area (Å²) in [6.45, 7) is 0.108. The molecule has 3 N–H and O–H groups in total.